The molecule has 0 heterocycles. The van der Waals surface area contributed by atoms with Gasteiger partial charge in [-0.25, -0.2) is 0 Å². The van der Waals surface area contributed by atoms with Crippen LogP contribution in [0.5, 0.6) is 0 Å². The van der Waals surface area contributed by atoms with Crippen molar-refractivity contribution in [1.82, 2.24) is 0 Å². The van der Waals surface area contributed by atoms with E-state index in [2.05, 4.69) is 0 Å². The zero-order chi connectivity index (χ0) is 3.58. The molecule has 0 atom stereocenters. The molecule has 0 unspecified atom stereocenters. The van der Waals surface area contributed by atoms with Crippen LogP contribution in [0, 0.1) is 0 Å². The summed E-state index contributed by atoms with van der Waals surface area (Å²) in [6.07, 6.45) is 0. The number of carboxylic acids is 1. The molecular weight excluding hydrogens is 125 g/mol. The Morgan fingerprint density at radius 2 is 1.29 bits per heavy atom. The molecule has 0 amide bonds. The second kappa shape index (κ2) is 15.8. The Morgan fingerprint density at radius 3 is 1.29 bits per heavy atom. The third-order valence-corrected chi connectivity index (χ3v) is 0. The Hall–Kier alpha value is 2.47. The molecule has 0 aliphatic rings. The van der Waals surface area contributed by atoms with E-state index < -0.39 is 5.97 Å². The van der Waals surface area contributed by atoms with Crippen molar-refractivity contribution in [3.63, 3.8) is 0 Å². The summed E-state index contributed by atoms with van der Waals surface area (Å²) >= 11 is 0. The average Bonchev–Trinajstić information content (AvgIpc) is 0.811. The molecule has 0 aliphatic carbocycles. The number of rotatable bonds is 0. The summed E-state index contributed by atoms with van der Waals surface area (Å²) in [4.78, 5) is 9.00. The minimum atomic E-state index is -0.833. The molecule has 0 saturated heterocycles. The summed E-state index contributed by atoms with van der Waals surface area (Å²) in [5.74, 6) is -0.833. The summed E-state index contributed by atoms with van der Waals surface area (Å²) in [6.45, 7) is 1.08. The number of aliphatic carboxylic acids is 1. The van der Waals surface area contributed by atoms with E-state index in [0.29, 0.717) is 0 Å². The molecule has 0 aromatic carbocycles. The summed E-state index contributed by atoms with van der Waals surface area (Å²) in [6, 6.07) is 0. The minimum absolute atomic E-state index is 0. The van der Waals surface area contributed by atoms with E-state index in [4.69, 9.17) is 9.90 Å². The van der Waals surface area contributed by atoms with Gasteiger partial charge in [0.1, 0.15) is 0 Å². The first-order chi connectivity index (χ1) is 1.73. The van der Waals surface area contributed by atoms with Crippen LogP contribution in [0.25, 0.3) is 0 Å². The molecule has 30 valence electrons. The van der Waals surface area contributed by atoms with Crippen LogP contribution < -0.4 is 0 Å². The van der Waals surface area contributed by atoms with Gasteiger partial charge in [-0.1, -0.05) is 0 Å². The maximum absolute atomic E-state index is 9.00. The van der Waals surface area contributed by atoms with Gasteiger partial charge in [0.25, 0.3) is 5.97 Å². The molecule has 0 spiro atoms. The predicted octanol–water partition coefficient (Wildman–Crippen LogP) is -1.85. The van der Waals surface area contributed by atoms with Crippen molar-refractivity contribution >= 4 is 94.6 Å². The molecule has 0 rings (SSSR count). The molecule has 0 fully saturated rings. The summed E-state index contributed by atoms with van der Waals surface area (Å²) in [7, 11) is 0. The van der Waals surface area contributed by atoms with Crippen LogP contribution in [0.2, 0.25) is 0 Å². The molecule has 0 aliphatic heterocycles. The van der Waals surface area contributed by atoms with E-state index in [1.165, 1.54) is 0 Å². The Bertz CT molecular complexity index is 33.9. The quantitative estimate of drug-likeness (QED) is 0.393. The van der Waals surface area contributed by atoms with Gasteiger partial charge in [0.15, 0.2) is 0 Å². The van der Waals surface area contributed by atoms with E-state index >= 15 is 0 Å². The van der Waals surface area contributed by atoms with Gasteiger partial charge in [-0.05, 0) is 0 Å². The predicted molar refractivity (Wildman–Crippen MR) is 34.8 cm³/mol. The van der Waals surface area contributed by atoms with Crippen LogP contribution >= 0.6 is 0 Å². The van der Waals surface area contributed by atoms with Gasteiger partial charge >= 0.3 is 88.7 Å². The fourth-order valence-corrected chi connectivity index (χ4v) is 0. The van der Waals surface area contributed by atoms with Crippen LogP contribution in [0.4, 0.5) is 0 Å². The van der Waals surface area contributed by atoms with Gasteiger partial charge in [0.05, 0.1) is 0 Å². The number of hydrogen-bond acceptors (Lipinski definition) is 1. The van der Waals surface area contributed by atoms with Gasteiger partial charge in [-0.15, -0.1) is 0 Å². The molecule has 0 aromatic rings. The Morgan fingerprint density at radius 1 is 1.29 bits per heavy atom. The van der Waals surface area contributed by atoms with Gasteiger partial charge in [-0.3, -0.25) is 4.79 Å². The van der Waals surface area contributed by atoms with E-state index in [1.807, 2.05) is 0 Å². The van der Waals surface area contributed by atoms with Crippen molar-refractivity contribution in [1.29, 1.82) is 0 Å². The van der Waals surface area contributed by atoms with E-state index in [-0.39, 0.29) is 88.7 Å². The normalized spacial score (nSPS) is 3.57. The standard InChI is InChI=1S/C2H4O2.3Na.3H/c1-2(3)4;;;;;;/h1H3,(H,3,4);;;;;;. The molecule has 0 saturated carbocycles. The molecule has 7 heavy (non-hydrogen) atoms. The number of hydrogen-bond donors (Lipinski definition) is 1. The Labute approximate surface area is 109 Å². The van der Waals surface area contributed by atoms with Crippen molar-refractivity contribution in [2.24, 2.45) is 0 Å². The number of carbonyl (C=O) groups is 1. The van der Waals surface area contributed by atoms with Crippen molar-refractivity contribution in [2.75, 3.05) is 0 Å². The van der Waals surface area contributed by atoms with Crippen LogP contribution in [0.3, 0.4) is 0 Å². The molecule has 0 radical (unpaired) electrons. The van der Waals surface area contributed by atoms with E-state index in [9.17, 15) is 0 Å². The summed E-state index contributed by atoms with van der Waals surface area (Å²) in [5.41, 5.74) is 0. The molecule has 0 bridgehead atoms. The first kappa shape index (κ1) is 22.7. The summed E-state index contributed by atoms with van der Waals surface area (Å²) < 4.78 is 0. The van der Waals surface area contributed by atoms with Crippen molar-refractivity contribution < 1.29 is 9.90 Å². The molecule has 1 N–H and O–H groups in total. The van der Waals surface area contributed by atoms with Crippen LogP contribution in [0.15, 0.2) is 0 Å². The molecular formula is C2H7Na3O2. The Balaban J connectivity index is -0.0000000150. The van der Waals surface area contributed by atoms with Gasteiger partial charge in [0, 0.05) is 6.92 Å². The molecule has 0 aromatic heterocycles. The van der Waals surface area contributed by atoms with Crippen LogP contribution in [-0.4, -0.2) is 99.7 Å². The van der Waals surface area contributed by atoms with Gasteiger partial charge in [0.2, 0.25) is 0 Å². The monoisotopic (exact) mass is 132 g/mol. The number of carboxylic acid groups (broad SMARTS) is 1. The average molecular weight is 132 g/mol. The third-order valence-electron chi connectivity index (χ3n) is 0. The fraction of sp³-hybridized carbons (Fsp3) is 0.500. The third kappa shape index (κ3) is 58.1. The summed E-state index contributed by atoms with van der Waals surface area (Å²) in [5, 5.41) is 7.42. The first-order valence-electron chi connectivity index (χ1n) is 0.928. The van der Waals surface area contributed by atoms with Crippen molar-refractivity contribution in [3.8, 4) is 0 Å². The zero-order valence-corrected chi connectivity index (χ0v) is 2.36. The molecule has 5 heteroatoms. The van der Waals surface area contributed by atoms with Crippen molar-refractivity contribution in [2.45, 2.75) is 6.92 Å². The Kier molecular flexibility index (Phi) is 51.2. The fourth-order valence-electron chi connectivity index (χ4n) is 0. The maximum atomic E-state index is 9.00. The van der Waals surface area contributed by atoms with E-state index in [0.717, 1.165) is 6.92 Å². The SMILES string of the molecule is CC(=O)O.[NaH].[NaH].[NaH]. The van der Waals surface area contributed by atoms with Gasteiger partial charge < -0.3 is 5.11 Å². The first-order valence-corrected chi connectivity index (χ1v) is 0.928. The van der Waals surface area contributed by atoms with Gasteiger partial charge in [-0.2, -0.15) is 0 Å². The van der Waals surface area contributed by atoms with Crippen LogP contribution in [-0.2, 0) is 4.79 Å². The topological polar surface area (TPSA) is 37.3 Å². The van der Waals surface area contributed by atoms with E-state index in [1.54, 1.807) is 0 Å². The second-order valence-corrected chi connectivity index (χ2v) is 0.519. The van der Waals surface area contributed by atoms with Crippen LogP contribution in [0.1, 0.15) is 6.92 Å². The second-order valence-electron chi connectivity index (χ2n) is 0.519. The van der Waals surface area contributed by atoms with Crippen molar-refractivity contribution in [3.05, 3.63) is 0 Å². The zero-order valence-electron chi connectivity index (χ0n) is 2.36. The molecule has 2 nitrogen and oxygen atoms in total.